The van der Waals surface area contributed by atoms with Crippen LogP contribution in [0.1, 0.15) is 11.1 Å². The monoisotopic (exact) mass is 846 g/mol. The molecule has 12 nitrogen and oxygen atoms in total. The molecule has 0 fully saturated rings. The zero-order chi connectivity index (χ0) is 41.8. The number of hydrogen-bond acceptors (Lipinski definition) is 10. The number of fused-ring (bicyclic) bond motifs is 2. The zero-order valence-corrected chi connectivity index (χ0v) is 36.0. The molecule has 0 aliphatic heterocycles. The van der Waals surface area contributed by atoms with Crippen LogP contribution in [0.4, 0.5) is 28.8 Å². The van der Waals surface area contributed by atoms with E-state index < -0.39 is 14.3 Å². The minimum Gasteiger partial charge on any atom is -0.370 e. The summed E-state index contributed by atoms with van der Waals surface area (Å²) in [6.07, 6.45) is 8.88. The van der Waals surface area contributed by atoms with Gasteiger partial charge in [-0.2, -0.15) is 0 Å². The number of H-pyrrole nitrogens is 2. The summed E-state index contributed by atoms with van der Waals surface area (Å²) in [5.74, 6) is 2.10. The molecule has 59 heavy (non-hydrogen) atoms. The van der Waals surface area contributed by atoms with Crippen LogP contribution in [0.15, 0.2) is 134 Å². The van der Waals surface area contributed by atoms with Crippen molar-refractivity contribution in [1.82, 2.24) is 29.9 Å². The lowest BCUT2D eigenvalue weighted by Gasteiger charge is -2.10. The number of nitrogens with one attached hydrogen (secondary N) is 5. The number of para-hydroxylation sites is 2. The van der Waals surface area contributed by atoms with E-state index in [1.54, 1.807) is 32.7 Å². The third-order valence-corrected chi connectivity index (χ3v) is 12.6. The lowest BCUT2D eigenvalue weighted by Crippen LogP contribution is -2.07. The summed E-state index contributed by atoms with van der Waals surface area (Å²) in [5, 5.41) is 14.4. The summed E-state index contributed by atoms with van der Waals surface area (Å²) >= 11 is 5.77. The molecule has 4 aromatic carbocycles. The zero-order valence-electron chi connectivity index (χ0n) is 33.5. The van der Waals surface area contributed by atoms with E-state index in [2.05, 4.69) is 88.4 Å². The molecule has 0 bridgehead atoms. The van der Waals surface area contributed by atoms with Crippen LogP contribution in [0.25, 0.3) is 21.8 Å². The molecule has 4 heterocycles. The van der Waals surface area contributed by atoms with Gasteiger partial charge in [-0.25, -0.2) is 19.9 Å². The van der Waals surface area contributed by atoms with Gasteiger partial charge >= 0.3 is 0 Å². The molecule has 7 N–H and O–H groups in total. The topological polar surface area (TPSA) is 179 Å². The lowest BCUT2D eigenvalue weighted by molar-refractivity contribution is 0.587. The predicted molar refractivity (Wildman–Crippen MR) is 248 cm³/mol. The first kappa shape index (κ1) is 42.8. The van der Waals surface area contributed by atoms with Crippen LogP contribution in [-0.2, 0) is 22.0 Å². The quantitative estimate of drug-likeness (QED) is 0.0513. The average Bonchev–Trinajstić information content (AvgIpc) is 3.83. The molecule has 4 aromatic heterocycles. The number of aromatic amines is 2. The first-order valence-electron chi connectivity index (χ1n) is 19.0. The van der Waals surface area contributed by atoms with Crippen LogP contribution in [0.2, 0.25) is 5.15 Å². The summed E-state index contributed by atoms with van der Waals surface area (Å²) < 4.78 is 24.0. The van der Waals surface area contributed by atoms with Gasteiger partial charge < -0.3 is 40.8 Å². The molecule has 0 aliphatic rings. The molecule has 0 spiro atoms. The van der Waals surface area contributed by atoms with E-state index in [1.165, 1.54) is 40.1 Å². The molecule has 0 amide bonds. The highest BCUT2D eigenvalue weighted by Crippen LogP contribution is 2.35. The largest absolute Gasteiger partial charge is 0.370 e. The van der Waals surface area contributed by atoms with Gasteiger partial charge in [-0.1, -0.05) is 48.0 Å². The SMILES string of the molecule is CP(C)(=O)c1ccc(Nc2cc(Cl)ncn2)cc1.CP(C)(=O)c1ccc(Nc2cc(NCCc3c[nH]c4ccccc34)ncn2)cc1.NCCc1c[nH]c2ccccc12. The van der Waals surface area contributed by atoms with E-state index in [0.717, 1.165) is 52.7 Å². The maximum Gasteiger partial charge on any atom is 0.135 e. The summed E-state index contributed by atoms with van der Waals surface area (Å²) in [6, 6.07) is 35.2. The van der Waals surface area contributed by atoms with Crippen molar-refractivity contribution in [2.75, 3.05) is 55.7 Å². The van der Waals surface area contributed by atoms with Crippen molar-refractivity contribution in [3.8, 4) is 0 Å². The van der Waals surface area contributed by atoms with Gasteiger partial charge in [0, 0.05) is 74.9 Å². The highest BCUT2D eigenvalue weighted by molar-refractivity contribution is 7.70. The smallest absolute Gasteiger partial charge is 0.135 e. The number of anilines is 5. The Hall–Kier alpha value is -5.77. The Balaban J connectivity index is 0.000000165. The average molecular weight is 847 g/mol. The third kappa shape index (κ3) is 12.4. The van der Waals surface area contributed by atoms with Crippen LogP contribution in [0.3, 0.4) is 0 Å². The number of rotatable bonds is 12. The van der Waals surface area contributed by atoms with Crippen LogP contribution in [-0.4, -0.2) is 69.7 Å². The normalized spacial score (nSPS) is 11.3. The Morgan fingerprint density at radius 1 is 0.593 bits per heavy atom. The number of hydrogen-bond donors (Lipinski definition) is 6. The second-order valence-electron chi connectivity index (χ2n) is 14.5. The summed E-state index contributed by atoms with van der Waals surface area (Å²) in [4.78, 5) is 23.0. The lowest BCUT2D eigenvalue weighted by atomic mass is 10.1. The van der Waals surface area contributed by atoms with Gasteiger partial charge in [-0.15, -0.1) is 0 Å². The maximum atomic E-state index is 12.1. The second-order valence-corrected chi connectivity index (χ2v) is 21.3. The Labute approximate surface area is 349 Å². The summed E-state index contributed by atoms with van der Waals surface area (Å²) in [5.41, 5.74) is 12.2. The van der Waals surface area contributed by atoms with E-state index >= 15 is 0 Å². The van der Waals surface area contributed by atoms with Gasteiger partial charge in [0.25, 0.3) is 0 Å². The van der Waals surface area contributed by atoms with Gasteiger partial charge in [0.1, 0.15) is 49.5 Å². The summed E-state index contributed by atoms with van der Waals surface area (Å²) in [6.45, 7) is 8.53. The molecule has 0 atom stereocenters. The molecule has 0 unspecified atom stereocenters. The highest BCUT2D eigenvalue weighted by Gasteiger charge is 2.12. The predicted octanol–water partition coefficient (Wildman–Crippen LogP) is 9.39. The molecule has 0 aliphatic carbocycles. The maximum absolute atomic E-state index is 12.1. The molecule has 8 rings (SSSR count). The molecular formula is C44H49ClN10O2P2. The van der Waals surface area contributed by atoms with E-state index in [1.807, 2.05) is 72.9 Å². The third-order valence-electron chi connectivity index (χ3n) is 9.29. The number of nitrogens with two attached hydrogens (primary N) is 1. The van der Waals surface area contributed by atoms with Crippen molar-refractivity contribution >= 4 is 87.1 Å². The fraction of sp³-hybridized carbons (Fsp3) is 0.182. The van der Waals surface area contributed by atoms with Gasteiger partial charge in [0.05, 0.1) is 0 Å². The van der Waals surface area contributed by atoms with Gasteiger partial charge in [-0.05, 0) is 118 Å². The number of nitrogens with zero attached hydrogens (tertiary/aromatic N) is 4. The van der Waals surface area contributed by atoms with Crippen molar-refractivity contribution in [1.29, 1.82) is 0 Å². The summed E-state index contributed by atoms with van der Waals surface area (Å²) in [7, 11) is -4.45. The Bertz CT molecular complexity index is 2690. The fourth-order valence-electron chi connectivity index (χ4n) is 6.19. The Kier molecular flexibility index (Phi) is 14.4. The number of benzene rings is 4. The minimum absolute atomic E-state index is 0.385. The van der Waals surface area contributed by atoms with Crippen molar-refractivity contribution in [2.45, 2.75) is 12.8 Å². The van der Waals surface area contributed by atoms with Crippen LogP contribution < -0.4 is 32.3 Å². The van der Waals surface area contributed by atoms with E-state index in [9.17, 15) is 9.13 Å². The van der Waals surface area contributed by atoms with Crippen molar-refractivity contribution in [2.24, 2.45) is 5.73 Å². The minimum atomic E-state index is -2.24. The molecule has 0 saturated heterocycles. The number of halogens is 1. The number of aromatic nitrogens is 6. The molecule has 0 saturated carbocycles. The Morgan fingerprint density at radius 3 is 1.54 bits per heavy atom. The molecule has 304 valence electrons. The Morgan fingerprint density at radius 2 is 1.05 bits per heavy atom. The van der Waals surface area contributed by atoms with Crippen molar-refractivity contribution in [3.63, 3.8) is 0 Å². The first-order valence-corrected chi connectivity index (χ1v) is 24.6. The van der Waals surface area contributed by atoms with E-state index in [0.29, 0.717) is 23.3 Å². The van der Waals surface area contributed by atoms with Crippen LogP contribution in [0, 0.1) is 0 Å². The van der Waals surface area contributed by atoms with Crippen LogP contribution in [0.5, 0.6) is 0 Å². The van der Waals surface area contributed by atoms with Crippen molar-refractivity contribution in [3.05, 3.63) is 151 Å². The highest BCUT2D eigenvalue weighted by atomic mass is 35.5. The van der Waals surface area contributed by atoms with Gasteiger partial charge in [0.2, 0.25) is 0 Å². The first-order chi connectivity index (χ1) is 28.4. The van der Waals surface area contributed by atoms with Crippen molar-refractivity contribution < 1.29 is 9.13 Å². The fourth-order valence-corrected chi connectivity index (χ4v) is 8.07. The second kappa shape index (κ2) is 19.8. The van der Waals surface area contributed by atoms with Crippen LogP contribution >= 0.6 is 25.9 Å². The molecule has 8 aromatic rings. The van der Waals surface area contributed by atoms with Gasteiger partial charge in [-0.3, -0.25) is 0 Å². The van der Waals surface area contributed by atoms with E-state index in [-0.39, 0.29) is 0 Å². The molecular weight excluding hydrogens is 798 g/mol. The van der Waals surface area contributed by atoms with Gasteiger partial charge in [0.15, 0.2) is 0 Å². The molecule has 15 heteroatoms. The molecule has 0 radical (unpaired) electrons. The standard InChI is InChI=1S/C22H24N5OP.C12H13ClN3OP.C10H12N2/c1-29(2,28)18-9-7-17(8-10-18)27-22-13-21(25-15-26-22)23-12-11-16-14-24-20-6-4-3-5-19(16)20;1-18(2,17)10-5-3-9(4-6-10)16-12-7-11(13)14-8-15-12;11-6-5-8-7-12-10-4-2-1-3-9(8)10/h3-10,13-15,24H,11-12H2,1-2H3,(H2,23,25,26,27);3-8H,1-2H3,(H,14,15,16);1-4,7,12H,5-6,11H2. The van der Waals surface area contributed by atoms with E-state index in [4.69, 9.17) is 17.3 Å².